The highest BCUT2D eigenvalue weighted by Crippen LogP contribution is 2.27. The minimum Gasteiger partial charge on any atom is -0.384 e. The Hall–Kier alpha value is 0.100. The fraction of sp³-hybridized carbons (Fsp3) is 1.00. The van der Waals surface area contributed by atoms with Gasteiger partial charge >= 0.3 is 6.18 Å². The van der Waals surface area contributed by atoms with Gasteiger partial charge in [0.25, 0.3) is 0 Å². The van der Waals surface area contributed by atoms with Gasteiger partial charge in [-0.1, -0.05) is 6.92 Å². The quantitative estimate of drug-likeness (QED) is 0.755. The van der Waals surface area contributed by atoms with E-state index in [1.54, 1.807) is 6.26 Å². The number of halogens is 3. The van der Waals surface area contributed by atoms with Crippen LogP contribution in [0.1, 0.15) is 19.8 Å². The van der Waals surface area contributed by atoms with Gasteiger partial charge in [0.1, 0.15) is 0 Å². The maximum Gasteiger partial charge on any atom is 0.414 e. The molecule has 74 valence electrons. The van der Waals surface area contributed by atoms with E-state index in [1.807, 2.05) is 6.92 Å². The van der Waals surface area contributed by atoms with Gasteiger partial charge < -0.3 is 5.11 Å². The first-order chi connectivity index (χ1) is 5.41. The lowest BCUT2D eigenvalue weighted by atomic mass is 10.1. The molecule has 0 spiro atoms. The zero-order chi connectivity index (χ0) is 9.78. The van der Waals surface area contributed by atoms with Crippen LogP contribution < -0.4 is 0 Å². The minimum atomic E-state index is -4.47. The monoisotopic (exact) mass is 202 g/mol. The molecule has 2 atom stereocenters. The van der Waals surface area contributed by atoms with Crippen LogP contribution in [0.5, 0.6) is 0 Å². The van der Waals surface area contributed by atoms with Crippen molar-refractivity contribution >= 4 is 11.8 Å². The predicted octanol–water partition coefficient (Wildman–Crippen LogP) is 2.44. The Balaban J connectivity index is 3.90. The molecule has 5 heteroatoms. The number of hydrogen-bond donors (Lipinski definition) is 1. The van der Waals surface area contributed by atoms with E-state index >= 15 is 0 Å². The van der Waals surface area contributed by atoms with Crippen LogP contribution in [0.15, 0.2) is 0 Å². The van der Waals surface area contributed by atoms with Crippen molar-refractivity contribution in [3.8, 4) is 0 Å². The zero-order valence-corrected chi connectivity index (χ0v) is 7.87. The second kappa shape index (κ2) is 4.97. The topological polar surface area (TPSA) is 20.2 Å². The van der Waals surface area contributed by atoms with Crippen molar-refractivity contribution < 1.29 is 18.3 Å². The molecule has 0 fully saturated rings. The summed E-state index contributed by atoms with van der Waals surface area (Å²) in [7, 11) is 0. The average Bonchev–Trinajstić information content (AvgIpc) is 1.97. The van der Waals surface area contributed by atoms with E-state index in [4.69, 9.17) is 5.11 Å². The van der Waals surface area contributed by atoms with Crippen LogP contribution in [0.2, 0.25) is 0 Å². The highest BCUT2D eigenvalue weighted by Gasteiger charge is 2.38. The molecule has 12 heavy (non-hydrogen) atoms. The molecule has 1 nitrogen and oxygen atoms in total. The lowest BCUT2D eigenvalue weighted by molar-refractivity contribution is -0.205. The van der Waals surface area contributed by atoms with Crippen molar-refractivity contribution in [1.29, 1.82) is 0 Å². The third kappa shape index (κ3) is 4.21. The highest BCUT2D eigenvalue weighted by molar-refractivity contribution is 7.99. The van der Waals surface area contributed by atoms with Crippen LogP contribution in [0, 0.1) is 0 Å². The van der Waals surface area contributed by atoms with E-state index in [1.165, 1.54) is 11.8 Å². The van der Waals surface area contributed by atoms with Crippen molar-refractivity contribution in [3.05, 3.63) is 0 Å². The number of aliphatic hydroxyl groups is 1. The molecule has 0 aromatic rings. The molecule has 0 aromatic carbocycles. The number of alkyl halides is 3. The first-order valence-electron chi connectivity index (χ1n) is 3.69. The third-order valence-electron chi connectivity index (χ3n) is 1.65. The molecule has 0 amide bonds. The fourth-order valence-corrected chi connectivity index (χ4v) is 1.52. The molecule has 0 bridgehead atoms. The largest absolute Gasteiger partial charge is 0.414 e. The summed E-state index contributed by atoms with van der Waals surface area (Å²) < 4.78 is 35.5. The Morgan fingerprint density at radius 1 is 1.42 bits per heavy atom. The van der Waals surface area contributed by atoms with Gasteiger partial charge in [-0.15, -0.1) is 0 Å². The molecule has 1 N–H and O–H groups in total. The van der Waals surface area contributed by atoms with Gasteiger partial charge in [-0.2, -0.15) is 24.9 Å². The summed E-state index contributed by atoms with van der Waals surface area (Å²) in [6.45, 7) is 1.81. The number of aliphatic hydroxyl groups excluding tert-OH is 1. The van der Waals surface area contributed by atoms with Gasteiger partial charge in [0.2, 0.25) is 0 Å². The Labute approximate surface area is 74.3 Å². The van der Waals surface area contributed by atoms with Gasteiger partial charge in [-0.25, -0.2) is 0 Å². The van der Waals surface area contributed by atoms with Gasteiger partial charge in [0.15, 0.2) is 6.10 Å². The van der Waals surface area contributed by atoms with Crippen molar-refractivity contribution in [2.75, 3.05) is 6.26 Å². The summed E-state index contributed by atoms with van der Waals surface area (Å²) in [5, 5.41) is 8.57. The Morgan fingerprint density at radius 2 is 1.92 bits per heavy atom. The molecule has 0 rings (SSSR count). The Bertz CT molecular complexity index is 122. The summed E-state index contributed by atoms with van der Waals surface area (Å²) in [6, 6.07) is 0. The van der Waals surface area contributed by atoms with Gasteiger partial charge in [-0.05, 0) is 19.1 Å². The summed E-state index contributed by atoms with van der Waals surface area (Å²) in [5.41, 5.74) is 0. The van der Waals surface area contributed by atoms with E-state index in [2.05, 4.69) is 0 Å². The maximum atomic E-state index is 11.8. The average molecular weight is 202 g/mol. The lowest BCUT2D eigenvalue weighted by Crippen LogP contribution is -2.31. The van der Waals surface area contributed by atoms with Crippen LogP contribution in [0.4, 0.5) is 13.2 Å². The number of rotatable bonds is 4. The van der Waals surface area contributed by atoms with Crippen LogP contribution >= 0.6 is 11.8 Å². The van der Waals surface area contributed by atoms with Crippen LogP contribution in [0.25, 0.3) is 0 Å². The Kier molecular flexibility index (Phi) is 5.01. The van der Waals surface area contributed by atoms with Gasteiger partial charge in [-0.3, -0.25) is 0 Å². The molecule has 0 aliphatic heterocycles. The first kappa shape index (κ1) is 12.1. The predicted molar refractivity (Wildman–Crippen MR) is 44.3 cm³/mol. The molecule has 0 saturated carbocycles. The zero-order valence-electron chi connectivity index (χ0n) is 7.06. The summed E-state index contributed by atoms with van der Waals surface area (Å²) >= 11 is 1.35. The SMILES string of the molecule is CC[C@@H](CC(O)C(F)(F)F)SC. The van der Waals surface area contributed by atoms with E-state index in [9.17, 15) is 13.2 Å². The smallest absolute Gasteiger partial charge is 0.384 e. The molecule has 0 heterocycles. The molecule has 0 radical (unpaired) electrons. The third-order valence-corrected chi connectivity index (χ3v) is 2.85. The van der Waals surface area contributed by atoms with Crippen molar-refractivity contribution in [1.82, 2.24) is 0 Å². The lowest BCUT2D eigenvalue weighted by Gasteiger charge is -2.18. The molecule has 0 aliphatic rings. The molecule has 0 aromatic heterocycles. The van der Waals surface area contributed by atoms with Crippen molar-refractivity contribution in [2.45, 2.75) is 37.3 Å². The maximum absolute atomic E-state index is 11.8. The van der Waals surface area contributed by atoms with Gasteiger partial charge in [0.05, 0.1) is 0 Å². The summed E-state index contributed by atoms with van der Waals surface area (Å²) in [4.78, 5) is 0. The first-order valence-corrected chi connectivity index (χ1v) is 4.98. The number of hydrogen-bond acceptors (Lipinski definition) is 2. The minimum absolute atomic E-state index is 0.110. The van der Waals surface area contributed by atoms with E-state index in [-0.39, 0.29) is 11.7 Å². The fourth-order valence-electron chi connectivity index (χ4n) is 0.812. The second-order valence-corrected chi connectivity index (χ2v) is 3.70. The summed E-state index contributed by atoms with van der Waals surface area (Å²) in [5.74, 6) is 0. The molecular weight excluding hydrogens is 189 g/mol. The van der Waals surface area contributed by atoms with Crippen LogP contribution in [-0.2, 0) is 0 Å². The summed E-state index contributed by atoms with van der Waals surface area (Å²) in [6.07, 6.45) is -4.45. The van der Waals surface area contributed by atoms with Gasteiger partial charge in [0, 0.05) is 5.25 Å². The van der Waals surface area contributed by atoms with E-state index in [0.717, 1.165) is 0 Å². The Morgan fingerprint density at radius 3 is 2.17 bits per heavy atom. The second-order valence-electron chi connectivity index (χ2n) is 2.56. The standard InChI is InChI=1S/C7H13F3OS/c1-3-5(12-2)4-6(11)7(8,9)10/h5-6,11H,3-4H2,1-2H3/t5-,6?/m0/s1. The molecule has 0 aliphatic carbocycles. The molecule has 0 saturated heterocycles. The highest BCUT2D eigenvalue weighted by atomic mass is 32.2. The number of thioether (sulfide) groups is 1. The van der Waals surface area contributed by atoms with Crippen molar-refractivity contribution in [3.63, 3.8) is 0 Å². The molecule has 1 unspecified atom stereocenters. The van der Waals surface area contributed by atoms with Crippen molar-refractivity contribution in [2.24, 2.45) is 0 Å². The van der Waals surface area contributed by atoms with Crippen LogP contribution in [0.3, 0.4) is 0 Å². The van der Waals surface area contributed by atoms with E-state index < -0.39 is 12.3 Å². The normalized spacial score (nSPS) is 17.5. The molecular formula is C7H13F3OS. The van der Waals surface area contributed by atoms with E-state index in [0.29, 0.717) is 6.42 Å². The van der Waals surface area contributed by atoms with Crippen LogP contribution in [-0.4, -0.2) is 28.9 Å².